The van der Waals surface area contributed by atoms with Crippen molar-refractivity contribution in [1.29, 1.82) is 0 Å². The van der Waals surface area contributed by atoms with E-state index in [-0.39, 0.29) is 6.10 Å². The van der Waals surface area contributed by atoms with E-state index in [1.54, 1.807) is 12.3 Å². The molecular formula is C16H16N2O3. The van der Waals surface area contributed by atoms with Gasteiger partial charge in [0, 0.05) is 11.9 Å². The summed E-state index contributed by atoms with van der Waals surface area (Å²) in [5.41, 5.74) is 9.31. The Bertz CT molecular complexity index is 685. The molecule has 1 heterocycles. The number of fused-ring (bicyclic) bond motifs is 1. The lowest BCUT2D eigenvalue weighted by Crippen LogP contribution is -2.06. The fraction of sp³-hybridized carbons (Fsp3) is 0.250. The van der Waals surface area contributed by atoms with Crippen molar-refractivity contribution in [3.63, 3.8) is 0 Å². The zero-order valence-electron chi connectivity index (χ0n) is 11.7. The van der Waals surface area contributed by atoms with Crippen LogP contribution in [0.5, 0.6) is 5.75 Å². The van der Waals surface area contributed by atoms with Crippen LogP contribution >= 0.6 is 0 Å². The first-order valence-corrected chi connectivity index (χ1v) is 6.75. The topological polar surface area (TPSA) is 74.4 Å². The van der Waals surface area contributed by atoms with Crippen LogP contribution in [0, 0.1) is 0 Å². The summed E-state index contributed by atoms with van der Waals surface area (Å²) in [6.45, 7) is 0. The number of carbonyl (C=O) groups is 1. The van der Waals surface area contributed by atoms with E-state index in [0.29, 0.717) is 11.3 Å². The second-order valence-corrected chi connectivity index (χ2v) is 5.00. The third kappa shape index (κ3) is 2.67. The van der Waals surface area contributed by atoms with Crippen LogP contribution in [0.1, 0.15) is 34.0 Å². The van der Waals surface area contributed by atoms with Gasteiger partial charge in [-0.05, 0) is 42.2 Å². The van der Waals surface area contributed by atoms with Gasteiger partial charge in [0.05, 0.1) is 18.9 Å². The van der Waals surface area contributed by atoms with E-state index in [0.717, 1.165) is 24.1 Å². The summed E-state index contributed by atoms with van der Waals surface area (Å²) < 4.78 is 10.6. The molecule has 0 spiro atoms. The van der Waals surface area contributed by atoms with Gasteiger partial charge in [-0.3, -0.25) is 4.98 Å². The molecule has 1 atom stereocenters. The van der Waals surface area contributed by atoms with Gasteiger partial charge >= 0.3 is 5.97 Å². The largest absolute Gasteiger partial charge is 0.484 e. The number of ether oxygens (including phenoxy) is 2. The van der Waals surface area contributed by atoms with E-state index in [1.807, 2.05) is 18.2 Å². The molecule has 0 radical (unpaired) electrons. The van der Waals surface area contributed by atoms with Crippen molar-refractivity contribution in [2.75, 3.05) is 12.8 Å². The molecule has 1 unspecified atom stereocenters. The number of hydrogen-bond acceptors (Lipinski definition) is 5. The van der Waals surface area contributed by atoms with E-state index >= 15 is 0 Å². The maximum atomic E-state index is 11.5. The Balaban J connectivity index is 1.83. The highest BCUT2D eigenvalue weighted by atomic mass is 16.5. The maximum absolute atomic E-state index is 11.5. The number of benzene rings is 1. The summed E-state index contributed by atoms with van der Waals surface area (Å²) in [6.07, 6.45) is 4.85. The Kier molecular flexibility index (Phi) is 3.48. The molecule has 0 fully saturated rings. The van der Waals surface area contributed by atoms with Crippen LogP contribution in [0.3, 0.4) is 0 Å². The maximum Gasteiger partial charge on any atom is 0.339 e. The Hall–Kier alpha value is -2.56. The van der Waals surface area contributed by atoms with Crippen LogP contribution in [0.15, 0.2) is 36.7 Å². The number of carbonyl (C=O) groups excluding carboxylic acids is 1. The number of methoxy groups -OCH3 is 1. The van der Waals surface area contributed by atoms with Crippen molar-refractivity contribution in [2.45, 2.75) is 18.9 Å². The molecule has 5 heteroatoms. The number of nitrogens with two attached hydrogens (primary N) is 1. The molecule has 0 saturated heterocycles. The fourth-order valence-corrected chi connectivity index (χ4v) is 2.58. The molecule has 21 heavy (non-hydrogen) atoms. The summed E-state index contributed by atoms with van der Waals surface area (Å²) in [5.74, 6) is 0.127. The normalized spacial score (nSPS) is 16.3. The van der Waals surface area contributed by atoms with Gasteiger partial charge in [-0.2, -0.15) is 0 Å². The van der Waals surface area contributed by atoms with Crippen LogP contribution < -0.4 is 10.5 Å². The Morgan fingerprint density at radius 1 is 1.33 bits per heavy atom. The average Bonchev–Trinajstić information content (AvgIpc) is 2.89. The highest BCUT2D eigenvalue weighted by Crippen LogP contribution is 2.36. The van der Waals surface area contributed by atoms with E-state index in [4.69, 9.17) is 10.5 Å². The smallest absolute Gasteiger partial charge is 0.339 e. The Labute approximate surface area is 122 Å². The predicted octanol–water partition coefficient (Wildman–Crippen LogP) is 2.52. The standard InChI is InChI=1S/C16H16N2O3/c1-20-16(19)11-6-13(9-18-8-11)21-15-5-3-10-2-4-12(17)7-14(10)15/h2,4,6-9,15H,3,5,17H2,1H3. The minimum Gasteiger partial charge on any atom is -0.484 e. The molecule has 3 rings (SSSR count). The first-order valence-electron chi connectivity index (χ1n) is 6.75. The van der Waals surface area contributed by atoms with Crippen molar-refractivity contribution in [1.82, 2.24) is 4.98 Å². The number of aromatic nitrogens is 1. The number of nitrogens with zero attached hydrogens (tertiary/aromatic N) is 1. The summed E-state index contributed by atoms with van der Waals surface area (Å²) in [7, 11) is 1.34. The minimum atomic E-state index is -0.427. The van der Waals surface area contributed by atoms with Crippen LogP contribution in [0.2, 0.25) is 0 Å². The van der Waals surface area contributed by atoms with Crippen LogP contribution in [-0.2, 0) is 11.2 Å². The van der Waals surface area contributed by atoms with Gasteiger partial charge < -0.3 is 15.2 Å². The number of esters is 1. The van der Waals surface area contributed by atoms with Crippen molar-refractivity contribution in [3.8, 4) is 5.75 Å². The number of rotatable bonds is 3. The van der Waals surface area contributed by atoms with Gasteiger partial charge in [0.15, 0.2) is 0 Å². The van der Waals surface area contributed by atoms with Crippen molar-refractivity contribution >= 4 is 11.7 Å². The van der Waals surface area contributed by atoms with Gasteiger partial charge in [-0.1, -0.05) is 6.07 Å². The molecule has 1 aliphatic carbocycles. The molecule has 0 bridgehead atoms. The molecule has 5 nitrogen and oxygen atoms in total. The number of hydrogen-bond donors (Lipinski definition) is 1. The lowest BCUT2D eigenvalue weighted by molar-refractivity contribution is 0.0599. The summed E-state index contributed by atoms with van der Waals surface area (Å²) in [4.78, 5) is 15.5. The Morgan fingerprint density at radius 2 is 2.19 bits per heavy atom. The molecule has 108 valence electrons. The monoisotopic (exact) mass is 284 g/mol. The molecular weight excluding hydrogens is 268 g/mol. The van der Waals surface area contributed by atoms with Gasteiger partial charge in [-0.25, -0.2) is 4.79 Å². The van der Waals surface area contributed by atoms with Gasteiger partial charge in [0.1, 0.15) is 11.9 Å². The number of nitrogen functional groups attached to an aromatic ring is 1. The third-order valence-electron chi connectivity index (χ3n) is 3.61. The quantitative estimate of drug-likeness (QED) is 0.692. The molecule has 1 aromatic carbocycles. The number of pyridine rings is 1. The predicted molar refractivity (Wildman–Crippen MR) is 78.1 cm³/mol. The molecule has 2 N–H and O–H groups in total. The highest BCUT2D eigenvalue weighted by Gasteiger charge is 2.24. The summed E-state index contributed by atoms with van der Waals surface area (Å²) in [6, 6.07) is 7.53. The summed E-state index contributed by atoms with van der Waals surface area (Å²) >= 11 is 0. The van der Waals surface area contributed by atoms with Crippen LogP contribution in [0.25, 0.3) is 0 Å². The van der Waals surface area contributed by atoms with Gasteiger partial charge in [0.25, 0.3) is 0 Å². The van der Waals surface area contributed by atoms with E-state index < -0.39 is 5.97 Å². The molecule has 0 saturated carbocycles. The fourth-order valence-electron chi connectivity index (χ4n) is 2.58. The average molecular weight is 284 g/mol. The SMILES string of the molecule is COC(=O)c1cncc(OC2CCc3ccc(N)cc32)c1. The van der Waals surface area contributed by atoms with E-state index in [1.165, 1.54) is 18.9 Å². The second-order valence-electron chi connectivity index (χ2n) is 5.00. The van der Waals surface area contributed by atoms with Crippen LogP contribution in [0.4, 0.5) is 5.69 Å². The second kappa shape index (κ2) is 5.44. The first-order chi connectivity index (χ1) is 10.2. The van der Waals surface area contributed by atoms with Crippen molar-refractivity contribution < 1.29 is 14.3 Å². The molecule has 1 aromatic heterocycles. The zero-order chi connectivity index (χ0) is 14.8. The molecule has 0 amide bonds. The van der Waals surface area contributed by atoms with Crippen molar-refractivity contribution in [2.24, 2.45) is 0 Å². The lowest BCUT2D eigenvalue weighted by Gasteiger charge is -2.15. The number of aryl methyl sites for hydroxylation is 1. The van der Waals surface area contributed by atoms with Crippen LogP contribution in [-0.4, -0.2) is 18.1 Å². The molecule has 2 aromatic rings. The minimum absolute atomic E-state index is 0.0572. The van der Waals surface area contributed by atoms with Gasteiger partial charge in [-0.15, -0.1) is 0 Å². The molecule has 1 aliphatic rings. The van der Waals surface area contributed by atoms with E-state index in [9.17, 15) is 4.79 Å². The number of anilines is 1. The molecule has 0 aliphatic heterocycles. The third-order valence-corrected chi connectivity index (χ3v) is 3.61. The highest BCUT2D eigenvalue weighted by molar-refractivity contribution is 5.89. The Morgan fingerprint density at radius 3 is 3.00 bits per heavy atom. The van der Waals surface area contributed by atoms with Gasteiger partial charge in [0.2, 0.25) is 0 Å². The first kappa shape index (κ1) is 13.4. The van der Waals surface area contributed by atoms with Crippen molar-refractivity contribution in [3.05, 3.63) is 53.3 Å². The zero-order valence-corrected chi connectivity index (χ0v) is 11.7. The lowest BCUT2D eigenvalue weighted by atomic mass is 10.1. The van der Waals surface area contributed by atoms with E-state index in [2.05, 4.69) is 9.72 Å². The summed E-state index contributed by atoms with van der Waals surface area (Å²) in [5, 5.41) is 0.